The molecule has 1 aliphatic heterocycles. The fourth-order valence-electron chi connectivity index (χ4n) is 5.36. The van der Waals surface area contributed by atoms with E-state index < -0.39 is 5.91 Å². The van der Waals surface area contributed by atoms with Crippen molar-refractivity contribution in [3.05, 3.63) is 161 Å². The molecule has 1 aliphatic rings. The van der Waals surface area contributed by atoms with Crippen molar-refractivity contribution in [3.63, 3.8) is 0 Å². The summed E-state index contributed by atoms with van der Waals surface area (Å²) in [5.41, 5.74) is 7.22. The van der Waals surface area contributed by atoms with E-state index in [0.717, 1.165) is 51.4 Å². The number of aryl methyl sites for hydroxylation is 3. The van der Waals surface area contributed by atoms with Crippen LogP contribution in [0.2, 0.25) is 0 Å². The molecule has 0 radical (unpaired) electrons. The third kappa shape index (κ3) is 7.28. The molecule has 5 aromatic rings. The summed E-state index contributed by atoms with van der Waals surface area (Å²) in [7, 11) is 0. The third-order valence-corrected chi connectivity index (χ3v) is 8.77. The Labute approximate surface area is 273 Å². The highest BCUT2D eigenvalue weighted by atomic mass is 32.2. The van der Waals surface area contributed by atoms with Crippen molar-refractivity contribution in [2.24, 2.45) is 0 Å². The van der Waals surface area contributed by atoms with Crippen LogP contribution in [0, 0.1) is 6.92 Å². The Balaban J connectivity index is 1.14. The molecule has 7 heteroatoms. The Morgan fingerprint density at radius 3 is 1.93 bits per heavy atom. The highest BCUT2D eigenvalue weighted by Crippen LogP contribution is 2.37. The van der Waals surface area contributed by atoms with Gasteiger partial charge in [0.15, 0.2) is 0 Å². The number of hydrogen-bond acceptors (Lipinski definition) is 4. The van der Waals surface area contributed by atoms with Gasteiger partial charge in [-0.3, -0.25) is 19.3 Å². The molecule has 2 N–H and O–H groups in total. The van der Waals surface area contributed by atoms with Crippen molar-refractivity contribution in [1.29, 1.82) is 0 Å². The van der Waals surface area contributed by atoms with Crippen molar-refractivity contribution in [2.45, 2.75) is 24.7 Å². The van der Waals surface area contributed by atoms with Gasteiger partial charge in [0, 0.05) is 16.1 Å². The number of nitrogens with zero attached hydrogens (tertiary/aromatic N) is 1. The van der Waals surface area contributed by atoms with Gasteiger partial charge in [0.05, 0.1) is 17.1 Å². The van der Waals surface area contributed by atoms with Crippen LogP contribution in [-0.4, -0.2) is 23.5 Å². The fraction of sp³-hybridized carbons (Fsp3) is 0.103. The first-order valence-electron chi connectivity index (χ1n) is 15.1. The summed E-state index contributed by atoms with van der Waals surface area (Å²) in [5.74, 6) is -0.563. The van der Waals surface area contributed by atoms with Gasteiger partial charge in [-0.1, -0.05) is 84.4 Å². The van der Waals surface area contributed by atoms with Crippen LogP contribution in [-0.2, 0) is 22.4 Å². The number of para-hydroxylation sites is 2. The number of carbonyl (C=O) groups is 3. The SMILES string of the molecule is Cc1ccc(/C=C(\NC(=O)c2ccccc2)C(=O)Nc2ccc(SCC(=O)N3c4ccccc4CCc4ccccc43)cc2)cc1. The fourth-order valence-corrected chi connectivity index (χ4v) is 6.11. The Morgan fingerprint density at radius 2 is 1.30 bits per heavy atom. The molecule has 0 saturated heterocycles. The molecule has 0 unspecified atom stereocenters. The molecule has 0 aliphatic carbocycles. The number of thioether (sulfide) groups is 1. The third-order valence-electron chi connectivity index (χ3n) is 7.77. The molecule has 0 spiro atoms. The number of carbonyl (C=O) groups excluding carboxylic acids is 3. The molecule has 6 rings (SSSR count). The van der Waals surface area contributed by atoms with Crippen LogP contribution >= 0.6 is 11.8 Å². The maximum absolute atomic E-state index is 13.7. The molecule has 0 atom stereocenters. The van der Waals surface area contributed by atoms with Crippen molar-refractivity contribution in [1.82, 2.24) is 5.32 Å². The summed E-state index contributed by atoms with van der Waals surface area (Å²) < 4.78 is 0. The zero-order chi connectivity index (χ0) is 31.9. The molecule has 1 heterocycles. The van der Waals surface area contributed by atoms with Gasteiger partial charge in [0.25, 0.3) is 11.8 Å². The van der Waals surface area contributed by atoms with Gasteiger partial charge in [0.2, 0.25) is 5.91 Å². The summed E-state index contributed by atoms with van der Waals surface area (Å²) in [6.45, 7) is 1.99. The van der Waals surface area contributed by atoms with Crippen molar-refractivity contribution < 1.29 is 14.4 Å². The lowest BCUT2D eigenvalue weighted by molar-refractivity contribution is -0.115. The van der Waals surface area contributed by atoms with Gasteiger partial charge < -0.3 is 10.6 Å². The monoisotopic (exact) mass is 623 g/mol. The molecule has 5 aromatic carbocycles. The second kappa shape index (κ2) is 14.1. The Morgan fingerprint density at radius 1 is 0.717 bits per heavy atom. The quantitative estimate of drug-likeness (QED) is 0.136. The maximum Gasteiger partial charge on any atom is 0.272 e. The largest absolute Gasteiger partial charge is 0.321 e. The average Bonchev–Trinajstić information content (AvgIpc) is 3.26. The Hall–Kier alpha value is -5.40. The Kier molecular flexibility index (Phi) is 9.41. The van der Waals surface area contributed by atoms with E-state index in [-0.39, 0.29) is 23.3 Å². The lowest BCUT2D eigenvalue weighted by Crippen LogP contribution is -2.30. The predicted octanol–water partition coefficient (Wildman–Crippen LogP) is 7.96. The van der Waals surface area contributed by atoms with Crippen LogP contribution in [0.1, 0.15) is 32.6 Å². The first-order chi connectivity index (χ1) is 22.4. The van der Waals surface area contributed by atoms with E-state index in [1.165, 1.54) is 11.8 Å². The minimum atomic E-state index is -0.445. The van der Waals surface area contributed by atoms with Gasteiger partial charge in [-0.2, -0.15) is 0 Å². The van der Waals surface area contributed by atoms with Gasteiger partial charge in [-0.25, -0.2) is 0 Å². The minimum Gasteiger partial charge on any atom is -0.321 e. The van der Waals surface area contributed by atoms with Crippen LogP contribution in [0.3, 0.4) is 0 Å². The van der Waals surface area contributed by atoms with E-state index in [2.05, 4.69) is 22.8 Å². The van der Waals surface area contributed by atoms with Gasteiger partial charge in [0.1, 0.15) is 5.70 Å². The Bertz CT molecular complexity index is 1850. The number of hydrogen-bond donors (Lipinski definition) is 2. The minimum absolute atomic E-state index is 0.00391. The second-order valence-electron chi connectivity index (χ2n) is 11.0. The molecular formula is C39H33N3O3S. The summed E-state index contributed by atoms with van der Waals surface area (Å²) in [5, 5.41) is 5.67. The summed E-state index contributed by atoms with van der Waals surface area (Å²) in [6, 6.07) is 40.0. The van der Waals surface area contributed by atoms with Gasteiger partial charge >= 0.3 is 0 Å². The maximum atomic E-state index is 13.7. The van der Waals surface area contributed by atoms with Crippen LogP contribution in [0.25, 0.3) is 6.08 Å². The summed E-state index contributed by atoms with van der Waals surface area (Å²) in [6.07, 6.45) is 3.43. The standard InChI is InChI=1S/C39H33N3O3S/c1-27-15-17-28(18-16-27)25-34(41-38(44)31-11-3-2-4-12-31)39(45)40-32-21-23-33(24-22-32)46-26-37(43)42-35-13-7-5-9-29(35)19-20-30-10-6-8-14-36(30)42/h2-18,21-25H,19-20,26H2,1H3,(H,40,45)(H,41,44)/b34-25-. The first kappa shape index (κ1) is 30.6. The van der Waals surface area contributed by atoms with E-state index in [1.54, 1.807) is 42.5 Å². The lowest BCUT2D eigenvalue weighted by Gasteiger charge is -2.25. The molecule has 46 heavy (non-hydrogen) atoms. The number of fused-ring (bicyclic) bond motifs is 2. The lowest BCUT2D eigenvalue weighted by atomic mass is 10.0. The van der Waals surface area contributed by atoms with E-state index in [1.807, 2.05) is 90.7 Å². The molecule has 3 amide bonds. The topological polar surface area (TPSA) is 78.5 Å². The molecule has 228 valence electrons. The van der Waals surface area contributed by atoms with E-state index in [4.69, 9.17) is 0 Å². The average molecular weight is 624 g/mol. The summed E-state index contributed by atoms with van der Waals surface area (Å²) in [4.78, 5) is 42.8. The van der Waals surface area contributed by atoms with Crippen LogP contribution < -0.4 is 15.5 Å². The van der Waals surface area contributed by atoms with E-state index in [9.17, 15) is 14.4 Å². The van der Waals surface area contributed by atoms with Crippen molar-refractivity contribution in [3.8, 4) is 0 Å². The number of nitrogens with one attached hydrogen (secondary N) is 2. The van der Waals surface area contributed by atoms with E-state index >= 15 is 0 Å². The zero-order valence-electron chi connectivity index (χ0n) is 25.4. The highest BCUT2D eigenvalue weighted by Gasteiger charge is 2.25. The van der Waals surface area contributed by atoms with Gasteiger partial charge in [-0.15, -0.1) is 11.8 Å². The van der Waals surface area contributed by atoms with Crippen molar-refractivity contribution >= 4 is 52.6 Å². The number of amides is 3. The smallest absolute Gasteiger partial charge is 0.272 e. The molecule has 0 fully saturated rings. The molecule has 6 nitrogen and oxygen atoms in total. The van der Waals surface area contributed by atoms with Crippen LogP contribution in [0.5, 0.6) is 0 Å². The van der Waals surface area contributed by atoms with E-state index in [0.29, 0.717) is 11.3 Å². The summed E-state index contributed by atoms with van der Waals surface area (Å²) >= 11 is 1.45. The second-order valence-corrected chi connectivity index (χ2v) is 12.1. The predicted molar refractivity (Wildman–Crippen MR) is 186 cm³/mol. The van der Waals surface area contributed by atoms with Gasteiger partial charge in [-0.05, 0) is 91.1 Å². The first-order valence-corrected chi connectivity index (χ1v) is 16.1. The zero-order valence-corrected chi connectivity index (χ0v) is 26.2. The number of benzene rings is 5. The molecule has 0 bridgehead atoms. The van der Waals surface area contributed by atoms with Crippen molar-refractivity contribution in [2.75, 3.05) is 16.0 Å². The molecule has 0 saturated carbocycles. The van der Waals surface area contributed by atoms with Crippen LogP contribution in [0.15, 0.2) is 138 Å². The normalized spacial score (nSPS) is 12.4. The number of anilines is 3. The highest BCUT2D eigenvalue weighted by molar-refractivity contribution is 8.00. The van der Waals surface area contributed by atoms with Crippen LogP contribution in [0.4, 0.5) is 17.1 Å². The molecule has 0 aromatic heterocycles. The number of rotatable bonds is 8. The molecular weight excluding hydrogens is 591 g/mol.